The minimum Gasteiger partial charge on any atom is -0.387 e. The minimum absolute atomic E-state index is 0.409. The van der Waals surface area contributed by atoms with Gasteiger partial charge in [-0.2, -0.15) is 0 Å². The van der Waals surface area contributed by atoms with Gasteiger partial charge in [0.2, 0.25) is 0 Å². The minimum atomic E-state index is 0.409. The highest BCUT2D eigenvalue weighted by Crippen LogP contribution is 2.29. The van der Waals surface area contributed by atoms with Crippen molar-refractivity contribution in [2.24, 2.45) is 22.6 Å². The summed E-state index contributed by atoms with van der Waals surface area (Å²) in [5.74, 6) is 2.18. The third-order valence-corrected chi connectivity index (χ3v) is 2.65. The van der Waals surface area contributed by atoms with Crippen LogP contribution in [0, 0.1) is 11.8 Å². The Kier molecular flexibility index (Phi) is 3.57. The topological polar surface area (TPSA) is 38.4 Å². The van der Waals surface area contributed by atoms with E-state index in [1.165, 1.54) is 25.7 Å². The van der Waals surface area contributed by atoms with E-state index in [9.17, 15) is 0 Å². The van der Waals surface area contributed by atoms with E-state index in [1.807, 2.05) is 0 Å². The lowest BCUT2D eigenvalue weighted by Gasteiger charge is -2.24. The summed E-state index contributed by atoms with van der Waals surface area (Å²) in [4.78, 5) is 4.34. The van der Waals surface area contributed by atoms with Crippen molar-refractivity contribution in [2.75, 3.05) is 6.54 Å². The molecule has 0 bridgehead atoms. The zero-order chi connectivity index (χ0) is 8.97. The largest absolute Gasteiger partial charge is 0.387 e. The number of nitrogens with two attached hydrogens (primary N) is 1. The van der Waals surface area contributed by atoms with Gasteiger partial charge in [-0.25, -0.2) is 0 Å². The Morgan fingerprint density at radius 2 is 2.17 bits per heavy atom. The molecule has 2 heteroatoms. The quantitative estimate of drug-likeness (QED) is 0.507. The molecule has 0 unspecified atom stereocenters. The van der Waals surface area contributed by atoms with Gasteiger partial charge in [0.15, 0.2) is 0 Å². The second-order valence-electron chi connectivity index (χ2n) is 4.05. The lowest BCUT2D eigenvalue weighted by molar-refractivity contribution is 0.300. The van der Waals surface area contributed by atoms with Crippen LogP contribution in [0.3, 0.4) is 0 Å². The molecule has 0 spiro atoms. The number of nitrogens with zero attached hydrogens (tertiary/aromatic N) is 1. The van der Waals surface area contributed by atoms with E-state index in [1.54, 1.807) is 0 Å². The van der Waals surface area contributed by atoms with Crippen LogP contribution in [0.15, 0.2) is 4.99 Å². The highest BCUT2D eigenvalue weighted by Gasteiger charge is 2.16. The Morgan fingerprint density at radius 1 is 1.50 bits per heavy atom. The summed E-state index contributed by atoms with van der Waals surface area (Å²) < 4.78 is 0. The smallest absolute Gasteiger partial charge is 0.0962 e. The van der Waals surface area contributed by atoms with Crippen LogP contribution in [0.2, 0.25) is 0 Å². The van der Waals surface area contributed by atoms with E-state index in [2.05, 4.69) is 18.8 Å². The van der Waals surface area contributed by atoms with Crippen LogP contribution in [-0.2, 0) is 0 Å². The second-order valence-corrected chi connectivity index (χ2v) is 4.05. The van der Waals surface area contributed by atoms with Crippen LogP contribution in [0.25, 0.3) is 0 Å². The molecule has 1 aliphatic rings. The van der Waals surface area contributed by atoms with Crippen LogP contribution in [0.1, 0.15) is 39.5 Å². The fraction of sp³-hybridized carbons (Fsp3) is 0.900. The molecule has 0 aromatic rings. The fourth-order valence-electron chi connectivity index (χ4n) is 1.34. The Hall–Kier alpha value is -0.530. The van der Waals surface area contributed by atoms with Crippen molar-refractivity contribution < 1.29 is 0 Å². The molecule has 0 saturated heterocycles. The highest BCUT2D eigenvalue weighted by atomic mass is 14.9. The number of rotatable bonds is 4. The first kappa shape index (κ1) is 9.56. The lowest BCUT2D eigenvalue weighted by atomic mass is 9.83. The van der Waals surface area contributed by atoms with Crippen molar-refractivity contribution in [2.45, 2.75) is 39.5 Å². The molecule has 1 fully saturated rings. The average Bonchev–Trinajstić information content (AvgIpc) is 1.93. The lowest BCUT2D eigenvalue weighted by Crippen LogP contribution is -2.20. The Morgan fingerprint density at radius 3 is 2.58 bits per heavy atom. The van der Waals surface area contributed by atoms with Gasteiger partial charge in [-0.15, -0.1) is 0 Å². The van der Waals surface area contributed by atoms with Gasteiger partial charge in [0.1, 0.15) is 0 Å². The van der Waals surface area contributed by atoms with Gasteiger partial charge in [0.25, 0.3) is 0 Å². The van der Waals surface area contributed by atoms with Crippen molar-refractivity contribution >= 4 is 5.84 Å². The van der Waals surface area contributed by atoms with Crippen LogP contribution < -0.4 is 5.73 Å². The number of hydrogen-bond acceptors (Lipinski definition) is 1. The first-order chi connectivity index (χ1) is 5.70. The molecule has 0 aromatic heterocycles. The van der Waals surface area contributed by atoms with E-state index in [4.69, 9.17) is 5.73 Å². The molecule has 1 saturated carbocycles. The molecule has 0 aliphatic heterocycles. The third kappa shape index (κ3) is 2.84. The molecule has 0 atom stereocenters. The van der Waals surface area contributed by atoms with Crippen molar-refractivity contribution in [1.29, 1.82) is 0 Å². The number of hydrogen-bond donors (Lipinski definition) is 1. The van der Waals surface area contributed by atoms with Gasteiger partial charge in [0, 0.05) is 12.5 Å². The molecule has 0 aromatic carbocycles. The molecule has 70 valence electrons. The first-order valence-electron chi connectivity index (χ1n) is 5.00. The third-order valence-electron chi connectivity index (χ3n) is 2.65. The number of amidine groups is 1. The van der Waals surface area contributed by atoms with Gasteiger partial charge in [-0.05, 0) is 12.3 Å². The fourth-order valence-corrected chi connectivity index (χ4v) is 1.34. The zero-order valence-electron chi connectivity index (χ0n) is 8.21. The zero-order valence-corrected chi connectivity index (χ0v) is 8.21. The highest BCUT2D eigenvalue weighted by molar-refractivity contribution is 5.82. The van der Waals surface area contributed by atoms with Crippen LogP contribution >= 0.6 is 0 Å². The predicted octanol–water partition coefficient (Wildman–Crippen LogP) is 2.19. The van der Waals surface area contributed by atoms with Crippen LogP contribution in [-0.4, -0.2) is 12.4 Å². The summed E-state index contributed by atoms with van der Waals surface area (Å²) in [5.41, 5.74) is 5.71. The van der Waals surface area contributed by atoms with E-state index in [0.29, 0.717) is 5.92 Å². The van der Waals surface area contributed by atoms with Crippen molar-refractivity contribution in [3.63, 3.8) is 0 Å². The molecule has 0 radical (unpaired) electrons. The first-order valence-corrected chi connectivity index (χ1v) is 5.00. The van der Waals surface area contributed by atoms with Crippen molar-refractivity contribution in [1.82, 2.24) is 0 Å². The molecule has 1 rings (SSSR count). The average molecular weight is 168 g/mol. The van der Waals surface area contributed by atoms with Gasteiger partial charge in [-0.1, -0.05) is 33.1 Å². The van der Waals surface area contributed by atoms with Gasteiger partial charge >= 0.3 is 0 Å². The summed E-state index contributed by atoms with van der Waals surface area (Å²) in [6.45, 7) is 5.11. The van der Waals surface area contributed by atoms with Crippen LogP contribution in [0.4, 0.5) is 0 Å². The van der Waals surface area contributed by atoms with E-state index >= 15 is 0 Å². The normalized spacial score (nSPS) is 19.8. The molecule has 2 nitrogen and oxygen atoms in total. The number of aliphatic imine (C=N–C) groups is 1. The van der Waals surface area contributed by atoms with Gasteiger partial charge in [-0.3, -0.25) is 4.99 Å². The maximum absolute atomic E-state index is 5.71. The van der Waals surface area contributed by atoms with E-state index in [-0.39, 0.29) is 0 Å². The SMILES string of the molecule is CC(C)C(N)=NCCC1CCC1. The van der Waals surface area contributed by atoms with E-state index in [0.717, 1.165) is 18.3 Å². The summed E-state index contributed by atoms with van der Waals surface area (Å²) in [6.07, 6.45) is 5.50. The molecule has 1 aliphatic carbocycles. The Balaban J connectivity index is 2.10. The van der Waals surface area contributed by atoms with Gasteiger partial charge < -0.3 is 5.73 Å². The second kappa shape index (κ2) is 4.48. The molecule has 0 amide bonds. The predicted molar refractivity (Wildman–Crippen MR) is 53.3 cm³/mol. The summed E-state index contributed by atoms with van der Waals surface area (Å²) in [5, 5.41) is 0. The molecular formula is C10H20N2. The maximum atomic E-state index is 5.71. The van der Waals surface area contributed by atoms with Crippen LogP contribution in [0.5, 0.6) is 0 Å². The molecule has 2 N–H and O–H groups in total. The van der Waals surface area contributed by atoms with Crippen molar-refractivity contribution in [3.05, 3.63) is 0 Å². The van der Waals surface area contributed by atoms with Gasteiger partial charge in [0.05, 0.1) is 5.84 Å². The summed E-state index contributed by atoms with van der Waals surface area (Å²) >= 11 is 0. The van der Waals surface area contributed by atoms with Crippen molar-refractivity contribution in [3.8, 4) is 0 Å². The summed E-state index contributed by atoms with van der Waals surface area (Å²) in [7, 11) is 0. The molecule has 12 heavy (non-hydrogen) atoms. The molecule has 0 heterocycles. The standard InChI is InChI=1S/C10H20N2/c1-8(2)10(11)12-7-6-9-4-3-5-9/h8-9H,3-7H2,1-2H3,(H2,11,12). The summed E-state index contributed by atoms with van der Waals surface area (Å²) in [6, 6.07) is 0. The Labute approximate surface area is 75.3 Å². The van der Waals surface area contributed by atoms with E-state index < -0.39 is 0 Å². The monoisotopic (exact) mass is 168 g/mol. The molecular weight excluding hydrogens is 148 g/mol. The maximum Gasteiger partial charge on any atom is 0.0962 e. The Bertz CT molecular complexity index is 157.